The SMILES string of the molecule is OCC(F)(F)C1C2OC2C(F)(F)C1O. The van der Waals surface area contributed by atoms with Crippen molar-refractivity contribution in [3.63, 3.8) is 0 Å². The Bertz CT molecular complexity index is 257. The van der Waals surface area contributed by atoms with Crippen LogP contribution in [0.5, 0.6) is 0 Å². The van der Waals surface area contributed by atoms with E-state index in [-0.39, 0.29) is 0 Å². The van der Waals surface area contributed by atoms with Crippen LogP contribution in [-0.2, 0) is 4.74 Å². The number of epoxide rings is 1. The van der Waals surface area contributed by atoms with Crippen LogP contribution in [0.4, 0.5) is 17.6 Å². The molecule has 0 aromatic rings. The maximum atomic E-state index is 12.9. The Morgan fingerprint density at radius 1 is 1.36 bits per heavy atom. The third-order valence-electron chi connectivity index (χ3n) is 2.69. The molecule has 1 saturated heterocycles. The third-order valence-corrected chi connectivity index (χ3v) is 2.69. The van der Waals surface area contributed by atoms with Crippen LogP contribution in [0.25, 0.3) is 0 Å². The second-order valence-electron chi connectivity index (χ2n) is 3.59. The van der Waals surface area contributed by atoms with Crippen molar-refractivity contribution < 1.29 is 32.5 Å². The predicted molar refractivity (Wildman–Crippen MR) is 35.1 cm³/mol. The molecule has 0 aromatic heterocycles. The largest absolute Gasteiger partial charge is 0.390 e. The van der Waals surface area contributed by atoms with Crippen molar-refractivity contribution in [1.29, 1.82) is 0 Å². The Labute approximate surface area is 76.3 Å². The molecule has 0 bridgehead atoms. The van der Waals surface area contributed by atoms with Gasteiger partial charge >= 0.3 is 5.92 Å². The normalized spacial score (nSPS) is 45.0. The maximum Gasteiger partial charge on any atom is 0.302 e. The third kappa shape index (κ3) is 1.09. The number of aliphatic hydroxyl groups is 2. The van der Waals surface area contributed by atoms with Gasteiger partial charge in [-0.1, -0.05) is 0 Å². The number of aliphatic hydroxyl groups excluding tert-OH is 2. The molecule has 0 aromatic carbocycles. The van der Waals surface area contributed by atoms with Crippen LogP contribution < -0.4 is 0 Å². The van der Waals surface area contributed by atoms with E-state index in [0.29, 0.717) is 0 Å². The standard InChI is InChI=1S/C7H8F4O3/c8-6(9,1-12)2-3-5(14-3)7(10,11)4(2)13/h2-5,12-13H,1H2. The highest BCUT2D eigenvalue weighted by Gasteiger charge is 2.77. The zero-order valence-electron chi connectivity index (χ0n) is 6.83. The first kappa shape index (κ1) is 10.1. The summed E-state index contributed by atoms with van der Waals surface area (Å²) in [6.07, 6.45) is -5.42. The zero-order chi connectivity index (χ0) is 10.7. The highest BCUT2D eigenvalue weighted by Crippen LogP contribution is 2.56. The Balaban J connectivity index is 2.24. The molecule has 4 atom stereocenters. The second-order valence-corrected chi connectivity index (χ2v) is 3.59. The highest BCUT2D eigenvalue weighted by atomic mass is 19.3. The van der Waals surface area contributed by atoms with Gasteiger partial charge < -0.3 is 14.9 Å². The molecule has 0 radical (unpaired) electrons. The van der Waals surface area contributed by atoms with Gasteiger partial charge in [-0.2, -0.15) is 0 Å². The Kier molecular flexibility index (Phi) is 1.87. The van der Waals surface area contributed by atoms with Gasteiger partial charge in [0.25, 0.3) is 5.92 Å². The summed E-state index contributed by atoms with van der Waals surface area (Å²) in [5.41, 5.74) is 0. The fraction of sp³-hybridized carbons (Fsp3) is 1.00. The molecule has 0 spiro atoms. The first-order valence-corrected chi connectivity index (χ1v) is 4.02. The van der Waals surface area contributed by atoms with E-state index in [1.54, 1.807) is 0 Å². The van der Waals surface area contributed by atoms with Gasteiger partial charge in [0.2, 0.25) is 0 Å². The smallest absolute Gasteiger partial charge is 0.302 e. The minimum atomic E-state index is -3.74. The summed E-state index contributed by atoms with van der Waals surface area (Å²) in [7, 11) is 0. The summed E-state index contributed by atoms with van der Waals surface area (Å²) in [6, 6.07) is 0. The van der Waals surface area contributed by atoms with E-state index in [1.807, 2.05) is 0 Å². The average Bonchev–Trinajstić information content (AvgIpc) is 2.80. The van der Waals surface area contributed by atoms with Gasteiger partial charge in [0.05, 0.1) is 5.92 Å². The minimum absolute atomic E-state index is 1.35. The average molecular weight is 216 g/mol. The van der Waals surface area contributed by atoms with Crippen molar-refractivity contribution in [3.05, 3.63) is 0 Å². The van der Waals surface area contributed by atoms with Crippen molar-refractivity contribution in [3.8, 4) is 0 Å². The van der Waals surface area contributed by atoms with E-state index in [9.17, 15) is 17.6 Å². The lowest BCUT2D eigenvalue weighted by molar-refractivity contribution is -0.196. The molecule has 14 heavy (non-hydrogen) atoms. The first-order chi connectivity index (χ1) is 6.32. The van der Waals surface area contributed by atoms with Gasteiger partial charge in [0, 0.05) is 0 Å². The molecule has 4 unspecified atom stereocenters. The predicted octanol–water partition coefficient (Wildman–Crippen LogP) is 0.00740. The zero-order valence-corrected chi connectivity index (χ0v) is 6.83. The molecular weight excluding hydrogens is 208 g/mol. The lowest BCUT2D eigenvalue weighted by atomic mass is 9.96. The molecule has 1 aliphatic heterocycles. The number of fused-ring (bicyclic) bond motifs is 1. The summed E-state index contributed by atoms with van der Waals surface area (Å²) in [4.78, 5) is 0. The van der Waals surface area contributed by atoms with E-state index in [0.717, 1.165) is 0 Å². The number of hydrogen-bond acceptors (Lipinski definition) is 3. The van der Waals surface area contributed by atoms with Crippen molar-refractivity contribution in [1.82, 2.24) is 0 Å². The van der Waals surface area contributed by atoms with Crippen LogP contribution in [0.15, 0.2) is 0 Å². The maximum absolute atomic E-state index is 12.9. The number of ether oxygens (including phenoxy) is 1. The van der Waals surface area contributed by atoms with Crippen molar-refractivity contribution in [2.45, 2.75) is 30.2 Å². The van der Waals surface area contributed by atoms with Crippen molar-refractivity contribution in [2.75, 3.05) is 6.61 Å². The van der Waals surface area contributed by atoms with Crippen LogP contribution in [0.3, 0.4) is 0 Å². The van der Waals surface area contributed by atoms with E-state index < -0.39 is 42.7 Å². The van der Waals surface area contributed by atoms with Crippen molar-refractivity contribution >= 4 is 0 Å². The van der Waals surface area contributed by atoms with Gasteiger partial charge in [-0.3, -0.25) is 0 Å². The van der Waals surface area contributed by atoms with Crippen LogP contribution in [-0.4, -0.2) is 47.0 Å². The van der Waals surface area contributed by atoms with E-state index in [4.69, 9.17) is 10.2 Å². The Morgan fingerprint density at radius 2 is 1.93 bits per heavy atom. The number of halogens is 4. The molecule has 7 heteroatoms. The molecule has 82 valence electrons. The van der Waals surface area contributed by atoms with E-state index in [2.05, 4.69) is 4.74 Å². The Hall–Kier alpha value is -0.400. The molecule has 1 heterocycles. The first-order valence-electron chi connectivity index (χ1n) is 4.02. The lowest BCUT2D eigenvalue weighted by Crippen LogP contribution is -2.47. The topological polar surface area (TPSA) is 53.0 Å². The van der Waals surface area contributed by atoms with Crippen LogP contribution in [0, 0.1) is 5.92 Å². The summed E-state index contributed by atoms with van der Waals surface area (Å²) in [5.74, 6) is -9.40. The molecule has 2 fully saturated rings. The molecule has 1 saturated carbocycles. The van der Waals surface area contributed by atoms with Crippen molar-refractivity contribution in [2.24, 2.45) is 5.92 Å². The fourth-order valence-corrected chi connectivity index (χ4v) is 1.87. The van der Waals surface area contributed by atoms with E-state index in [1.165, 1.54) is 0 Å². The summed E-state index contributed by atoms with van der Waals surface area (Å²) in [5, 5.41) is 17.3. The Morgan fingerprint density at radius 3 is 2.29 bits per heavy atom. The molecule has 0 amide bonds. The van der Waals surface area contributed by atoms with Gasteiger partial charge in [-0.15, -0.1) is 0 Å². The molecule has 3 nitrogen and oxygen atoms in total. The van der Waals surface area contributed by atoms with Crippen LogP contribution in [0.2, 0.25) is 0 Å². The molecule has 2 aliphatic rings. The fourth-order valence-electron chi connectivity index (χ4n) is 1.87. The molecule has 1 aliphatic carbocycles. The lowest BCUT2D eigenvalue weighted by Gasteiger charge is -2.27. The highest BCUT2D eigenvalue weighted by molar-refractivity contribution is 5.16. The van der Waals surface area contributed by atoms with Gasteiger partial charge in [0.1, 0.15) is 18.8 Å². The number of alkyl halides is 4. The summed E-state index contributed by atoms with van der Waals surface area (Å²) >= 11 is 0. The molecular formula is C7H8F4O3. The number of rotatable bonds is 2. The molecule has 2 rings (SSSR count). The quantitative estimate of drug-likeness (QED) is 0.505. The summed E-state index contributed by atoms with van der Waals surface area (Å²) in [6.45, 7) is -1.57. The van der Waals surface area contributed by atoms with Gasteiger partial charge in [-0.25, -0.2) is 17.6 Å². The van der Waals surface area contributed by atoms with E-state index >= 15 is 0 Å². The molecule has 2 N–H and O–H groups in total. The second kappa shape index (κ2) is 2.59. The van der Waals surface area contributed by atoms with Gasteiger partial charge in [-0.05, 0) is 0 Å². The minimum Gasteiger partial charge on any atom is -0.390 e. The van der Waals surface area contributed by atoms with Crippen LogP contribution in [0.1, 0.15) is 0 Å². The number of hydrogen-bond donors (Lipinski definition) is 2. The van der Waals surface area contributed by atoms with Crippen LogP contribution >= 0.6 is 0 Å². The summed E-state index contributed by atoms with van der Waals surface area (Å²) < 4.78 is 55.9. The monoisotopic (exact) mass is 216 g/mol. The van der Waals surface area contributed by atoms with Gasteiger partial charge in [0.15, 0.2) is 6.10 Å².